The largest absolute Gasteiger partial charge is 0.466 e. The lowest BCUT2D eigenvalue weighted by atomic mass is 9.90. The van der Waals surface area contributed by atoms with Gasteiger partial charge in [0.15, 0.2) is 0 Å². The van der Waals surface area contributed by atoms with E-state index in [1.54, 1.807) is 6.92 Å². The first-order chi connectivity index (χ1) is 9.81. The van der Waals surface area contributed by atoms with Crippen LogP contribution in [0.3, 0.4) is 0 Å². The second-order valence-corrected chi connectivity index (χ2v) is 6.18. The summed E-state index contributed by atoms with van der Waals surface area (Å²) in [6.07, 6.45) is 2.87. The van der Waals surface area contributed by atoms with E-state index in [0.29, 0.717) is 25.9 Å². The molecule has 0 saturated carbocycles. The molecule has 0 fully saturated rings. The smallest absolute Gasteiger partial charge is 0.420 e. The van der Waals surface area contributed by atoms with Crippen LogP contribution in [0.1, 0.15) is 45.5 Å². The number of fused-ring (bicyclic) bond motifs is 1. The minimum absolute atomic E-state index is 0.208. The van der Waals surface area contributed by atoms with Gasteiger partial charge < -0.3 is 9.47 Å². The van der Waals surface area contributed by atoms with Crippen molar-refractivity contribution in [3.8, 4) is 0 Å². The van der Waals surface area contributed by atoms with Crippen molar-refractivity contribution < 1.29 is 19.1 Å². The molecule has 1 atom stereocenters. The molecule has 21 heavy (non-hydrogen) atoms. The summed E-state index contributed by atoms with van der Waals surface area (Å²) in [6.45, 7) is 7.60. The highest BCUT2D eigenvalue weighted by Crippen LogP contribution is 2.26. The van der Waals surface area contributed by atoms with Crippen LogP contribution < -0.4 is 0 Å². The Morgan fingerprint density at radius 2 is 2.14 bits per heavy atom. The van der Waals surface area contributed by atoms with Crippen LogP contribution in [-0.2, 0) is 27.1 Å². The van der Waals surface area contributed by atoms with Crippen molar-refractivity contribution in [3.63, 3.8) is 0 Å². The van der Waals surface area contributed by atoms with Gasteiger partial charge in [-0.25, -0.2) is 14.3 Å². The fourth-order valence-electron chi connectivity index (χ4n) is 2.41. The molecule has 2 rings (SSSR count). The molecular weight excluding hydrogens is 272 g/mol. The van der Waals surface area contributed by atoms with Crippen LogP contribution in [-0.4, -0.2) is 33.8 Å². The molecule has 0 aromatic carbocycles. The van der Waals surface area contributed by atoms with Gasteiger partial charge in [0, 0.05) is 6.42 Å². The minimum atomic E-state index is -0.566. The number of hydrogen-bond donors (Lipinski definition) is 0. The maximum absolute atomic E-state index is 12.2. The number of hydrogen-bond acceptors (Lipinski definition) is 5. The minimum Gasteiger partial charge on any atom is -0.466 e. The molecule has 0 N–H and O–H groups in total. The monoisotopic (exact) mass is 294 g/mol. The Hall–Kier alpha value is -1.85. The normalized spacial score (nSPS) is 18.0. The number of imidazole rings is 1. The molecule has 0 radical (unpaired) electrons. The van der Waals surface area contributed by atoms with E-state index in [4.69, 9.17) is 9.47 Å². The summed E-state index contributed by atoms with van der Waals surface area (Å²) in [5, 5.41) is 0. The highest BCUT2D eigenvalue weighted by atomic mass is 16.6. The summed E-state index contributed by atoms with van der Waals surface area (Å²) in [7, 11) is 0. The summed E-state index contributed by atoms with van der Waals surface area (Å²) >= 11 is 0. The number of ether oxygens (including phenoxy) is 2. The van der Waals surface area contributed by atoms with Gasteiger partial charge >= 0.3 is 12.1 Å². The number of carbonyl (C=O) groups is 2. The summed E-state index contributed by atoms with van der Waals surface area (Å²) in [5.41, 5.74) is 1.05. The number of aromatic nitrogens is 2. The van der Waals surface area contributed by atoms with E-state index in [1.807, 2.05) is 20.8 Å². The summed E-state index contributed by atoms with van der Waals surface area (Å²) < 4.78 is 11.8. The van der Waals surface area contributed by atoms with E-state index in [1.165, 1.54) is 10.9 Å². The van der Waals surface area contributed by atoms with Crippen LogP contribution in [0.5, 0.6) is 0 Å². The Kier molecular flexibility index (Phi) is 4.34. The first-order valence-electron chi connectivity index (χ1n) is 7.27. The van der Waals surface area contributed by atoms with Crippen LogP contribution in [0, 0.1) is 5.92 Å². The van der Waals surface area contributed by atoms with Gasteiger partial charge in [-0.1, -0.05) is 0 Å². The quantitative estimate of drug-likeness (QED) is 0.783. The number of rotatable bonds is 2. The van der Waals surface area contributed by atoms with Gasteiger partial charge in [0.2, 0.25) is 0 Å². The Balaban J connectivity index is 2.17. The predicted octanol–water partition coefficient (Wildman–Crippen LogP) is 2.33. The molecule has 1 heterocycles. The molecule has 0 amide bonds. The molecule has 1 aromatic heterocycles. The first kappa shape index (κ1) is 15.5. The Bertz CT molecular complexity index is 542. The molecule has 1 aliphatic rings. The summed E-state index contributed by atoms with van der Waals surface area (Å²) in [4.78, 5) is 28.3. The molecule has 6 heteroatoms. The van der Waals surface area contributed by atoms with Crippen LogP contribution in [0.2, 0.25) is 0 Å². The standard InChI is InChI=1S/C15H22N2O4/c1-5-20-13(18)10-6-7-11-12(8-10)17(9-16-11)14(19)21-15(2,3)4/h9-10H,5-8H2,1-4H3. The number of nitrogens with zero attached hydrogens (tertiary/aromatic N) is 2. The van der Waals surface area contributed by atoms with E-state index in [0.717, 1.165) is 11.4 Å². The summed E-state index contributed by atoms with van der Waals surface area (Å²) in [5.74, 6) is -0.421. The molecule has 116 valence electrons. The van der Waals surface area contributed by atoms with Gasteiger partial charge in [0.05, 0.1) is 23.9 Å². The Morgan fingerprint density at radius 1 is 1.43 bits per heavy atom. The zero-order valence-corrected chi connectivity index (χ0v) is 13.0. The lowest BCUT2D eigenvalue weighted by molar-refractivity contribution is -0.148. The molecule has 6 nitrogen and oxygen atoms in total. The van der Waals surface area contributed by atoms with E-state index in [9.17, 15) is 9.59 Å². The zero-order valence-electron chi connectivity index (χ0n) is 13.0. The van der Waals surface area contributed by atoms with Gasteiger partial charge in [0.25, 0.3) is 0 Å². The number of aryl methyl sites for hydroxylation is 1. The third-order valence-electron chi connectivity index (χ3n) is 3.33. The molecular formula is C15H22N2O4. The number of esters is 1. The van der Waals surface area contributed by atoms with Crippen molar-refractivity contribution in [2.45, 2.75) is 52.6 Å². The molecule has 0 aliphatic heterocycles. The van der Waals surface area contributed by atoms with Crippen LogP contribution >= 0.6 is 0 Å². The number of carbonyl (C=O) groups excluding carboxylic acids is 2. The Morgan fingerprint density at radius 3 is 2.76 bits per heavy atom. The van der Waals surface area contributed by atoms with Crippen molar-refractivity contribution in [1.29, 1.82) is 0 Å². The van der Waals surface area contributed by atoms with Gasteiger partial charge in [-0.15, -0.1) is 0 Å². The zero-order chi connectivity index (χ0) is 15.6. The maximum atomic E-state index is 12.2. The fraction of sp³-hybridized carbons (Fsp3) is 0.667. The van der Waals surface area contributed by atoms with Crippen molar-refractivity contribution in [1.82, 2.24) is 9.55 Å². The second-order valence-electron chi connectivity index (χ2n) is 6.18. The molecule has 0 saturated heterocycles. The molecule has 0 spiro atoms. The van der Waals surface area contributed by atoms with Crippen molar-refractivity contribution in [2.24, 2.45) is 5.92 Å². The highest BCUT2D eigenvalue weighted by Gasteiger charge is 2.31. The topological polar surface area (TPSA) is 70.4 Å². The first-order valence-corrected chi connectivity index (χ1v) is 7.27. The third kappa shape index (κ3) is 3.62. The lowest BCUT2D eigenvalue weighted by Crippen LogP contribution is -2.30. The average molecular weight is 294 g/mol. The van der Waals surface area contributed by atoms with E-state index >= 15 is 0 Å². The average Bonchev–Trinajstić information content (AvgIpc) is 2.79. The van der Waals surface area contributed by atoms with Gasteiger partial charge in [-0.3, -0.25) is 4.79 Å². The molecule has 1 aromatic rings. The molecule has 1 unspecified atom stereocenters. The highest BCUT2D eigenvalue weighted by molar-refractivity contribution is 5.75. The second kappa shape index (κ2) is 5.87. The van der Waals surface area contributed by atoms with Crippen LogP contribution in [0.4, 0.5) is 4.79 Å². The Labute approximate surface area is 124 Å². The maximum Gasteiger partial charge on any atom is 0.420 e. The van der Waals surface area contributed by atoms with E-state index < -0.39 is 11.7 Å². The van der Waals surface area contributed by atoms with Crippen LogP contribution in [0.25, 0.3) is 0 Å². The molecule has 0 bridgehead atoms. The van der Waals surface area contributed by atoms with E-state index in [2.05, 4.69) is 4.98 Å². The SMILES string of the molecule is CCOC(=O)C1CCc2ncn(C(=O)OC(C)(C)C)c2C1. The van der Waals surface area contributed by atoms with Crippen molar-refractivity contribution in [3.05, 3.63) is 17.7 Å². The molecule has 1 aliphatic carbocycles. The fourth-order valence-corrected chi connectivity index (χ4v) is 2.41. The van der Waals surface area contributed by atoms with Crippen molar-refractivity contribution in [2.75, 3.05) is 6.61 Å². The van der Waals surface area contributed by atoms with Gasteiger partial charge in [-0.2, -0.15) is 0 Å². The predicted molar refractivity (Wildman–Crippen MR) is 76.0 cm³/mol. The third-order valence-corrected chi connectivity index (χ3v) is 3.33. The van der Waals surface area contributed by atoms with Crippen molar-refractivity contribution >= 4 is 12.1 Å². The lowest BCUT2D eigenvalue weighted by Gasteiger charge is -2.23. The van der Waals surface area contributed by atoms with Gasteiger partial charge in [-0.05, 0) is 40.5 Å². The van der Waals surface area contributed by atoms with Gasteiger partial charge in [0.1, 0.15) is 11.9 Å². The van der Waals surface area contributed by atoms with E-state index in [-0.39, 0.29) is 11.9 Å². The van der Waals surface area contributed by atoms with Crippen LogP contribution in [0.15, 0.2) is 6.33 Å². The summed E-state index contributed by atoms with van der Waals surface area (Å²) in [6, 6.07) is 0.